The quantitative estimate of drug-likeness (QED) is 0.681. The average Bonchev–Trinajstić information content (AvgIpc) is 2.78. The number of aromatic nitrogens is 1. The lowest BCUT2D eigenvalue weighted by atomic mass is 10.1. The molecule has 0 aliphatic carbocycles. The number of rotatable bonds is 4. The van der Waals surface area contributed by atoms with Crippen molar-refractivity contribution in [3.05, 3.63) is 50.6 Å². The van der Waals surface area contributed by atoms with Gasteiger partial charge in [0.2, 0.25) is 0 Å². The third kappa shape index (κ3) is 3.05. The van der Waals surface area contributed by atoms with Crippen molar-refractivity contribution in [3.8, 4) is 0 Å². The van der Waals surface area contributed by atoms with E-state index in [-0.39, 0.29) is 11.0 Å². The first-order valence-corrected chi connectivity index (χ1v) is 6.79. The highest BCUT2D eigenvalue weighted by Gasteiger charge is 2.13. The van der Waals surface area contributed by atoms with Crippen LogP contribution in [0, 0.1) is 10.1 Å². The average molecular weight is 328 g/mol. The Morgan fingerprint density at radius 3 is 2.67 bits per heavy atom. The Bertz CT molecular complexity index is 556. The molecule has 1 aromatic carbocycles. The smallest absolute Gasteiger partial charge is 0.345 e. The zero-order valence-corrected chi connectivity index (χ0v) is 11.9. The van der Waals surface area contributed by atoms with Crippen LogP contribution in [0.15, 0.2) is 34.9 Å². The maximum Gasteiger partial charge on any atom is 0.345 e. The predicted molar refractivity (Wildman–Crippen MR) is 74.9 cm³/mol. The van der Waals surface area contributed by atoms with Crippen LogP contribution >= 0.6 is 27.3 Å². The fraction of sp³-hybridized carbons (Fsp3) is 0.182. The fourth-order valence-electron chi connectivity index (χ4n) is 1.44. The van der Waals surface area contributed by atoms with Crippen LogP contribution < -0.4 is 5.32 Å². The van der Waals surface area contributed by atoms with Gasteiger partial charge in [0.25, 0.3) is 0 Å². The van der Waals surface area contributed by atoms with Gasteiger partial charge < -0.3 is 5.32 Å². The van der Waals surface area contributed by atoms with Gasteiger partial charge in [0, 0.05) is 4.47 Å². The molecule has 0 aliphatic heterocycles. The van der Waals surface area contributed by atoms with Crippen LogP contribution in [-0.2, 0) is 0 Å². The standard InChI is InChI=1S/C11H10BrN3O2S/c1-7(8-2-4-9(12)5-3-8)14-11-13-6-10(18-11)15(16)17/h2-7H,1H3,(H,13,14). The highest BCUT2D eigenvalue weighted by atomic mass is 79.9. The lowest BCUT2D eigenvalue weighted by Gasteiger charge is -2.12. The van der Waals surface area contributed by atoms with E-state index in [1.807, 2.05) is 31.2 Å². The van der Waals surface area contributed by atoms with Gasteiger partial charge in [-0.25, -0.2) is 4.98 Å². The first-order chi connectivity index (χ1) is 8.56. The predicted octanol–water partition coefficient (Wildman–Crippen LogP) is 3.99. The van der Waals surface area contributed by atoms with Crippen molar-refractivity contribution in [2.24, 2.45) is 0 Å². The molecule has 0 aliphatic rings. The van der Waals surface area contributed by atoms with E-state index < -0.39 is 4.92 Å². The molecular weight excluding hydrogens is 318 g/mol. The summed E-state index contributed by atoms with van der Waals surface area (Å²) in [6, 6.07) is 7.94. The molecule has 0 amide bonds. The maximum absolute atomic E-state index is 10.6. The molecule has 0 saturated carbocycles. The van der Waals surface area contributed by atoms with Crippen LogP contribution in [0.3, 0.4) is 0 Å². The Balaban J connectivity index is 2.08. The molecule has 1 unspecified atom stereocenters. The highest BCUT2D eigenvalue weighted by molar-refractivity contribution is 9.10. The summed E-state index contributed by atoms with van der Waals surface area (Å²) in [6.07, 6.45) is 1.27. The molecule has 0 fully saturated rings. The van der Waals surface area contributed by atoms with Gasteiger partial charge in [-0.2, -0.15) is 0 Å². The SMILES string of the molecule is CC(Nc1ncc([N+](=O)[O-])s1)c1ccc(Br)cc1. The van der Waals surface area contributed by atoms with Gasteiger partial charge in [-0.05, 0) is 36.0 Å². The number of hydrogen-bond donors (Lipinski definition) is 1. The summed E-state index contributed by atoms with van der Waals surface area (Å²) in [5.74, 6) is 0. The second-order valence-corrected chi connectivity index (χ2v) is 5.60. The van der Waals surface area contributed by atoms with Gasteiger partial charge >= 0.3 is 5.00 Å². The van der Waals surface area contributed by atoms with Gasteiger partial charge in [0.05, 0.1) is 11.0 Å². The van der Waals surface area contributed by atoms with Crippen molar-refractivity contribution >= 4 is 37.4 Å². The van der Waals surface area contributed by atoms with Crippen LogP contribution in [0.1, 0.15) is 18.5 Å². The molecular formula is C11H10BrN3O2S. The van der Waals surface area contributed by atoms with E-state index in [1.165, 1.54) is 6.20 Å². The fourth-order valence-corrected chi connectivity index (χ4v) is 2.42. The Morgan fingerprint density at radius 2 is 2.11 bits per heavy atom. The maximum atomic E-state index is 10.6. The van der Waals surface area contributed by atoms with Crippen molar-refractivity contribution < 1.29 is 4.92 Å². The first-order valence-electron chi connectivity index (χ1n) is 5.18. The molecule has 2 rings (SSSR count). The third-order valence-electron chi connectivity index (χ3n) is 2.38. The van der Waals surface area contributed by atoms with E-state index in [2.05, 4.69) is 26.2 Å². The van der Waals surface area contributed by atoms with E-state index in [0.717, 1.165) is 21.4 Å². The molecule has 2 aromatic rings. The molecule has 0 bridgehead atoms. The van der Waals surface area contributed by atoms with Gasteiger partial charge in [0.1, 0.15) is 6.20 Å². The van der Waals surface area contributed by atoms with Gasteiger partial charge in [-0.1, -0.05) is 28.1 Å². The molecule has 0 spiro atoms. The van der Waals surface area contributed by atoms with E-state index in [9.17, 15) is 10.1 Å². The summed E-state index contributed by atoms with van der Waals surface area (Å²) in [7, 11) is 0. The van der Waals surface area contributed by atoms with Crippen LogP contribution in [0.25, 0.3) is 0 Å². The normalized spacial score (nSPS) is 12.1. The van der Waals surface area contributed by atoms with Gasteiger partial charge in [-0.15, -0.1) is 0 Å². The second kappa shape index (κ2) is 5.45. The Morgan fingerprint density at radius 1 is 1.44 bits per heavy atom. The Hall–Kier alpha value is -1.47. The molecule has 0 saturated heterocycles. The summed E-state index contributed by atoms with van der Waals surface area (Å²) < 4.78 is 1.02. The second-order valence-electron chi connectivity index (χ2n) is 3.68. The summed E-state index contributed by atoms with van der Waals surface area (Å²) in [5.41, 5.74) is 1.09. The number of nitrogens with zero attached hydrogens (tertiary/aromatic N) is 2. The molecule has 1 heterocycles. The van der Waals surface area contributed by atoms with Crippen LogP contribution in [0.2, 0.25) is 0 Å². The largest absolute Gasteiger partial charge is 0.355 e. The molecule has 1 atom stereocenters. The molecule has 0 radical (unpaired) electrons. The lowest BCUT2D eigenvalue weighted by Crippen LogP contribution is -2.05. The minimum Gasteiger partial charge on any atom is -0.355 e. The number of anilines is 1. The number of nitro groups is 1. The molecule has 1 N–H and O–H groups in total. The molecule has 1 aromatic heterocycles. The van der Waals surface area contributed by atoms with E-state index >= 15 is 0 Å². The minimum absolute atomic E-state index is 0.0421. The summed E-state index contributed by atoms with van der Waals surface area (Å²) in [6.45, 7) is 1.98. The molecule has 5 nitrogen and oxygen atoms in total. The van der Waals surface area contributed by atoms with E-state index in [4.69, 9.17) is 0 Å². The van der Waals surface area contributed by atoms with Gasteiger partial charge in [-0.3, -0.25) is 10.1 Å². The minimum atomic E-state index is -0.437. The van der Waals surface area contributed by atoms with Crippen LogP contribution in [-0.4, -0.2) is 9.91 Å². The van der Waals surface area contributed by atoms with Crippen molar-refractivity contribution in [2.75, 3.05) is 5.32 Å². The molecule has 94 valence electrons. The first kappa shape index (κ1) is 13.0. The number of hydrogen-bond acceptors (Lipinski definition) is 5. The summed E-state index contributed by atoms with van der Waals surface area (Å²) in [5, 5.41) is 14.3. The zero-order valence-electron chi connectivity index (χ0n) is 9.46. The molecule has 7 heteroatoms. The lowest BCUT2D eigenvalue weighted by molar-refractivity contribution is -0.380. The molecule has 18 heavy (non-hydrogen) atoms. The van der Waals surface area contributed by atoms with Crippen molar-refractivity contribution in [1.82, 2.24) is 4.98 Å². The topological polar surface area (TPSA) is 68.1 Å². The number of nitrogens with one attached hydrogen (secondary N) is 1. The number of halogens is 1. The summed E-state index contributed by atoms with van der Waals surface area (Å²) in [4.78, 5) is 14.1. The van der Waals surface area contributed by atoms with E-state index in [0.29, 0.717) is 5.13 Å². The van der Waals surface area contributed by atoms with Gasteiger partial charge in [0.15, 0.2) is 5.13 Å². The van der Waals surface area contributed by atoms with Crippen molar-refractivity contribution in [1.29, 1.82) is 0 Å². The van der Waals surface area contributed by atoms with Crippen LogP contribution in [0.4, 0.5) is 10.1 Å². The Kier molecular flexibility index (Phi) is 3.93. The number of benzene rings is 1. The number of thiazole rings is 1. The summed E-state index contributed by atoms with van der Waals surface area (Å²) >= 11 is 4.41. The zero-order chi connectivity index (χ0) is 13.1. The van der Waals surface area contributed by atoms with Crippen molar-refractivity contribution in [2.45, 2.75) is 13.0 Å². The van der Waals surface area contributed by atoms with E-state index in [1.54, 1.807) is 0 Å². The highest BCUT2D eigenvalue weighted by Crippen LogP contribution is 2.28. The monoisotopic (exact) mass is 327 g/mol. The van der Waals surface area contributed by atoms with Crippen LogP contribution in [0.5, 0.6) is 0 Å². The third-order valence-corrected chi connectivity index (χ3v) is 3.79. The Labute approximate surface area is 116 Å². The van der Waals surface area contributed by atoms with Crippen molar-refractivity contribution in [3.63, 3.8) is 0 Å².